The number of phenols is 1. The molecule has 1 aromatic carbocycles. The molecule has 1 aliphatic heterocycles. The summed E-state index contributed by atoms with van der Waals surface area (Å²) in [6.45, 7) is 1.53. The Bertz CT molecular complexity index is 603. The van der Waals surface area contributed by atoms with E-state index in [4.69, 9.17) is 4.74 Å². The first-order valence-corrected chi connectivity index (χ1v) is 4.94. The summed E-state index contributed by atoms with van der Waals surface area (Å²) in [4.78, 5) is 25.0. The van der Waals surface area contributed by atoms with Gasteiger partial charge in [-0.15, -0.1) is 0 Å². The van der Waals surface area contributed by atoms with Crippen LogP contribution in [-0.4, -0.2) is 21.9 Å². The van der Waals surface area contributed by atoms with Crippen LogP contribution in [0.2, 0.25) is 0 Å². The molecule has 0 bridgehead atoms. The van der Waals surface area contributed by atoms with Crippen LogP contribution in [-0.2, 0) is 9.53 Å². The molecule has 0 aromatic heterocycles. The maximum atomic E-state index is 11.3. The van der Waals surface area contributed by atoms with E-state index in [9.17, 15) is 20.0 Å². The van der Waals surface area contributed by atoms with Crippen LogP contribution in [0.15, 0.2) is 28.9 Å². The maximum Gasteiger partial charge on any atom is 0.363 e. The largest absolute Gasteiger partial charge is 0.502 e. The van der Waals surface area contributed by atoms with Crippen molar-refractivity contribution in [3.8, 4) is 5.75 Å². The summed E-state index contributed by atoms with van der Waals surface area (Å²) < 4.78 is 4.71. The second-order valence-electron chi connectivity index (χ2n) is 3.56. The lowest BCUT2D eigenvalue weighted by atomic mass is 10.1. The second kappa shape index (κ2) is 4.28. The fraction of sp³-hybridized carbons (Fsp3) is 0.0909. The quantitative estimate of drug-likeness (QED) is 0.370. The zero-order valence-electron chi connectivity index (χ0n) is 9.28. The molecule has 0 unspecified atom stereocenters. The minimum atomic E-state index is -0.709. The fourth-order valence-corrected chi connectivity index (χ4v) is 1.45. The minimum Gasteiger partial charge on any atom is -0.502 e. The fourth-order valence-electron chi connectivity index (χ4n) is 1.45. The Morgan fingerprint density at radius 2 is 2.22 bits per heavy atom. The standard InChI is InChI=1S/C11H8N2O5/c1-6-12-8(11(15)18-6)4-7-2-3-10(14)9(5-7)13(16)17/h2-5,14H,1H3/b8-4+. The van der Waals surface area contributed by atoms with Crippen molar-refractivity contribution in [2.75, 3.05) is 0 Å². The summed E-state index contributed by atoms with van der Waals surface area (Å²) in [5.41, 5.74) is 0.00815. The van der Waals surface area contributed by atoms with Crippen molar-refractivity contribution in [1.82, 2.24) is 0 Å². The number of esters is 1. The average molecular weight is 248 g/mol. The third-order valence-electron chi connectivity index (χ3n) is 2.23. The molecule has 0 fully saturated rings. The third-order valence-corrected chi connectivity index (χ3v) is 2.23. The average Bonchev–Trinajstić information content (AvgIpc) is 2.60. The van der Waals surface area contributed by atoms with Gasteiger partial charge >= 0.3 is 11.7 Å². The molecule has 7 nitrogen and oxygen atoms in total. The molecule has 92 valence electrons. The Balaban J connectivity index is 2.42. The molecule has 0 atom stereocenters. The Morgan fingerprint density at radius 3 is 2.78 bits per heavy atom. The predicted molar refractivity (Wildman–Crippen MR) is 61.9 cm³/mol. The molecular formula is C11H8N2O5. The molecule has 1 heterocycles. The molecule has 1 aliphatic rings. The van der Waals surface area contributed by atoms with Gasteiger partial charge in [-0.3, -0.25) is 10.1 Å². The summed E-state index contributed by atoms with van der Waals surface area (Å²) in [7, 11) is 0. The van der Waals surface area contributed by atoms with E-state index in [0.29, 0.717) is 5.56 Å². The first kappa shape index (κ1) is 11.8. The summed E-state index contributed by atoms with van der Waals surface area (Å²) in [6, 6.07) is 3.77. The van der Waals surface area contributed by atoms with Crippen LogP contribution in [0.5, 0.6) is 5.75 Å². The van der Waals surface area contributed by atoms with E-state index in [1.54, 1.807) is 0 Å². The lowest BCUT2D eigenvalue weighted by Crippen LogP contribution is -1.99. The lowest BCUT2D eigenvalue weighted by Gasteiger charge is -1.98. The molecule has 0 spiro atoms. The van der Waals surface area contributed by atoms with Gasteiger partial charge in [0.05, 0.1) is 4.92 Å². The topological polar surface area (TPSA) is 102 Å². The van der Waals surface area contributed by atoms with Crippen LogP contribution in [0, 0.1) is 10.1 Å². The van der Waals surface area contributed by atoms with Crippen molar-refractivity contribution in [3.63, 3.8) is 0 Å². The number of phenolic OH excluding ortho intramolecular Hbond substituents is 1. The van der Waals surface area contributed by atoms with Crippen LogP contribution < -0.4 is 0 Å². The number of hydrogen-bond acceptors (Lipinski definition) is 6. The summed E-state index contributed by atoms with van der Waals surface area (Å²) >= 11 is 0. The number of carbonyl (C=O) groups excluding carboxylic acids is 1. The molecule has 0 radical (unpaired) electrons. The predicted octanol–water partition coefficient (Wildman–Crippen LogP) is 1.62. The number of carbonyl (C=O) groups is 1. The van der Waals surface area contributed by atoms with Gasteiger partial charge in [0.25, 0.3) is 0 Å². The number of nitro benzene ring substituents is 1. The number of ether oxygens (including phenoxy) is 1. The number of nitro groups is 1. The molecule has 7 heteroatoms. The molecule has 0 amide bonds. The van der Waals surface area contributed by atoms with Gasteiger partial charge in [0.2, 0.25) is 0 Å². The van der Waals surface area contributed by atoms with Gasteiger partial charge in [0.1, 0.15) is 0 Å². The van der Waals surface area contributed by atoms with Crippen LogP contribution in [0.3, 0.4) is 0 Å². The first-order valence-electron chi connectivity index (χ1n) is 4.94. The molecule has 18 heavy (non-hydrogen) atoms. The molecule has 1 N–H and O–H groups in total. The van der Waals surface area contributed by atoms with E-state index in [0.717, 1.165) is 6.07 Å². The highest BCUT2D eigenvalue weighted by atomic mass is 16.6. The highest BCUT2D eigenvalue weighted by Crippen LogP contribution is 2.27. The number of nitrogens with zero attached hydrogens (tertiary/aromatic N) is 2. The van der Waals surface area contributed by atoms with Gasteiger partial charge in [-0.2, -0.15) is 0 Å². The van der Waals surface area contributed by atoms with Crippen molar-refractivity contribution in [1.29, 1.82) is 0 Å². The third kappa shape index (κ3) is 2.19. The maximum absolute atomic E-state index is 11.3. The Morgan fingerprint density at radius 1 is 1.50 bits per heavy atom. The Labute approximate surface area is 101 Å². The monoisotopic (exact) mass is 248 g/mol. The van der Waals surface area contributed by atoms with Crippen molar-refractivity contribution < 1.29 is 19.6 Å². The van der Waals surface area contributed by atoms with E-state index in [1.807, 2.05) is 0 Å². The second-order valence-corrected chi connectivity index (χ2v) is 3.56. The Kier molecular flexibility index (Phi) is 2.80. The smallest absolute Gasteiger partial charge is 0.363 e. The highest BCUT2D eigenvalue weighted by Gasteiger charge is 2.20. The van der Waals surface area contributed by atoms with Gasteiger partial charge in [-0.05, 0) is 17.7 Å². The molecular weight excluding hydrogens is 240 g/mol. The summed E-state index contributed by atoms with van der Waals surface area (Å²) in [5.74, 6) is -0.821. The SMILES string of the molecule is CC1=N/C(=C/c2ccc(O)c([N+](=O)[O-])c2)C(=O)O1. The van der Waals surface area contributed by atoms with Gasteiger partial charge in [-0.25, -0.2) is 9.79 Å². The van der Waals surface area contributed by atoms with Crippen molar-refractivity contribution in [2.24, 2.45) is 4.99 Å². The van der Waals surface area contributed by atoms with Crippen LogP contribution in [0.4, 0.5) is 5.69 Å². The number of aliphatic imine (C=N–C) groups is 1. The first-order chi connectivity index (χ1) is 8.47. The van der Waals surface area contributed by atoms with E-state index in [1.165, 1.54) is 25.1 Å². The van der Waals surface area contributed by atoms with Crippen LogP contribution >= 0.6 is 0 Å². The summed E-state index contributed by atoms with van der Waals surface area (Å²) in [6.07, 6.45) is 1.35. The van der Waals surface area contributed by atoms with Gasteiger partial charge in [-0.1, -0.05) is 6.07 Å². The number of hydrogen-bond donors (Lipinski definition) is 1. The van der Waals surface area contributed by atoms with Gasteiger partial charge < -0.3 is 9.84 Å². The normalized spacial score (nSPS) is 16.6. The van der Waals surface area contributed by atoms with Crippen LogP contribution in [0.25, 0.3) is 6.08 Å². The molecule has 2 rings (SSSR count). The molecule has 0 saturated heterocycles. The lowest BCUT2D eigenvalue weighted by molar-refractivity contribution is -0.385. The molecule has 1 aromatic rings. The van der Waals surface area contributed by atoms with Crippen molar-refractivity contribution in [3.05, 3.63) is 39.6 Å². The number of cyclic esters (lactones) is 1. The van der Waals surface area contributed by atoms with E-state index in [-0.39, 0.29) is 11.6 Å². The van der Waals surface area contributed by atoms with Crippen molar-refractivity contribution >= 4 is 23.6 Å². The number of aromatic hydroxyl groups is 1. The van der Waals surface area contributed by atoms with E-state index >= 15 is 0 Å². The summed E-state index contributed by atoms with van der Waals surface area (Å²) in [5, 5.41) is 19.9. The zero-order chi connectivity index (χ0) is 13.3. The highest BCUT2D eigenvalue weighted by molar-refractivity contribution is 6.06. The zero-order valence-corrected chi connectivity index (χ0v) is 9.28. The van der Waals surface area contributed by atoms with Gasteiger partial charge in [0.15, 0.2) is 17.3 Å². The number of benzene rings is 1. The number of rotatable bonds is 2. The molecule has 0 saturated carbocycles. The molecule has 0 aliphatic carbocycles. The van der Waals surface area contributed by atoms with Gasteiger partial charge in [0, 0.05) is 13.0 Å². The van der Waals surface area contributed by atoms with E-state index < -0.39 is 22.3 Å². The van der Waals surface area contributed by atoms with Crippen molar-refractivity contribution in [2.45, 2.75) is 6.92 Å². The Hall–Kier alpha value is -2.70. The van der Waals surface area contributed by atoms with Crippen LogP contribution in [0.1, 0.15) is 12.5 Å². The van der Waals surface area contributed by atoms with E-state index in [2.05, 4.69) is 4.99 Å². The minimum absolute atomic E-state index is 0.0625.